The molecule has 3 N–H and O–H groups in total. The van der Waals surface area contributed by atoms with Crippen LogP contribution in [0.2, 0.25) is 0 Å². The number of carbonyl (C=O) groups excluding carboxylic acids is 1. The summed E-state index contributed by atoms with van der Waals surface area (Å²) < 4.78 is 12.0. The van der Waals surface area contributed by atoms with Gasteiger partial charge in [-0.05, 0) is 44.5 Å². The molecule has 1 aromatic rings. The minimum absolute atomic E-state index is 0.0643. The van der Waals surface area contributed by atoms with Gasteiger partial charge in [-0.25, -0.2) is 0 Å². The van der Waals surface area contributed by atoms with E-state index in [0.717, 1.165) is 10.5 Å². The van der Waals surface area contributed by atoms with Gasteiger partial charge in [-0.2, -0.15) is 0 Å². The zero-order chi connectivity index (χ0) is 13.7. The summed E-state index contributed by atoms with van der Waals surface area (Å²) in [4.78, 5) is 12.2. The topological polar surface area (TPSA) is 72.2 Å². The fraction of sp³-hybridized carbons (Fsp3) is 0.462. The maximum Gasteiger partial charge on any atom is 0.221 e. The number of benzene rings is 1. The number of amides is 1. The summed E-state index contributed by atoms with van der Waals surface area (Å²) in [5.74, 6) is 0.271. The molecular weight excluding hydrogens is 248 g/mol. The molecular formula is C13H20N2O2S. The van der Waals surface area contributed by atoms with E-state index in [1.165, 1.54) is 0 Å². The van der Waals surface area contributed by atoms with Crippen molar-refractivity contribution >= 4 is 22.4 Å². The highest BCUT2D eigenvalue weighted by atomic mass is 32.2. The number of hydrogen-bond donors (Lipinski definition) is 2. The molecule has 0 aromatic heterocycles. The summed E-state index contributed by atoms with van der Waals surface area (Å²) in [6.07, 6.45) is 0.272. The van der Waals surface area contributed by atoms with Crippen LogP contribution >= 0.6 is 0 Å². The highest BCUT2D eigenvalue weighted by Gasteiger charge is 2.09. The van der Waals surface area contributed by atoms with E-state index < -0.39 is 10.8 Å². The molecule has 1 atom stereocenters. The zero-order valence-electron chi connectivity index (χ0n) is 11.0. The Kier molecular flexibility index (Phi) is 5.34. The molecule has 0 spiro atoms. The largest absolute Gasteiger partial charge is 0.399 e. The summed E-state index contributed by atoms with van der Waals surface area (Å²) in [5, 5.41) is 2.78. The van der Waals surface area contributed by atoms with Crippen LogP contribution in [-0.4, -0.2) is 21.9 Å². The van der Waals surface area contributed by atoms with Crippen LogP contribution in [-0.2, 0) is 15.6 Å². The molecule has 1 aromatic carbocycles. The average molecular weight is 268 g/mol. The van der Waals surface area contributed by atoms with Gasteiger partial charge >= 0.3 is 0 Å². The normalized spacial score (nSPS) is 12.4. The molecule has 0 radical (unpaired) electrons. The van der Waals surface area contributed by atoms with Crippen molar-refractivity contribution in [3.8, 4) is 0 Å². The second kappa shape index (κ2) is 6.54. The molecule has 1 unspecified atom stereocenters. The number of carbonyl (C=O) groups is 1. The Morgan fingerprint density at radius 2 is 2.11 bits per heavy atom. The molecule has 0 aliphatic heterocycles. The Morgan fingerprint density at radius 1 is 1.44 bits per heavy atom. The highest BCUT2D eigenvalue weighted by Crippen LogP contribution is 2.16. The van der Waals surface area contributed by atoms with Gasteiger partial charge < -0.3 is 11.1 Å². The molecule has 0 saturated carbocycles. The fourth-order valence-corrected chi connectivity index (χ4v) is 2.62. The van der Waals surface area contributed by atoms with Crippen molar-refractivity contribution in [3.63, 3.8) is 0 Å². The minimum Gasteiger partial charge on any atom is -0.399 e. The second-order valence-corrected chi connectivity index (χ2v) is 6.11. The summed E-state index contributed by atoms with van der Waals surface area (Å²) >= 11 is 0. The van der Waals surface area contributed by atoms with Crippen LogP contribution in [0.4, 0.5) is 5.69 Å². The van der Waals surface area contributed by atoms with Gasteiger partial charge in [0, 0.05) is 28.8 Å². The zero-order valence-corrected chi connectivity index (χ0v) is 11.8. The minimum atomic E-state index is -1.15. The second-order valence-electron chi connectivity index (χ2n) is 4.54. The van der Waals surface area contributed by atoms with Crippen molar-refractivity contribution in [1.82, 2.24) is 5.32 Å². The van der Waals surface area contributed by atoms with E-state index in [1.807, 2.05) is 26.8 Å². The first-order valence-corrected chi connectivity index (χ1v) is 7.26. The van der Waals surface area contributed by atoms with E-state index in [0.29, 0.717) is 11.4 Å². The van der Waals surface area contributed by atoms with Crippen LogP contribution < -0.4 is 11.1 Å². The van der Waals surface area contributed by atoms with Gasteiger partial charge in [-0.15, -0.1) is 0 Å². The van der Waals surface area contributed by atoms with E-state index in [-0.39, 0.29) is 18.4 Å². The quantitative estimate of drug-likeness (QED) is 0.797. The van der Waals surface area contributed by atoms with E-state index >= 15 is 0 Å². The number of anilines is 1. The lowest BCUT2D eigenvalue weighted by Crippen LogP contribution is -2.30. The lowest BCUT2D eigenvalue weighted by atomic mass is 10.2. The molecule has 0 heterocycles. The van der Waals surface area contributed by atoms with Gasteiger partial charge in [0.1, 0.15) is 0 Å². The molecule has 0 aliphatic carbocycles. The third-order valence-corrected chi connectivity index (χ3v) is 3.82. The van der Waals surface area contributed by atoms with Crippen LogP contribution in [0.15, 0.2) is 23.1 Å². The van der Waals surface area contributed by atoms with Gasteiger partial charge in [-0.1, -0.05) is 0 Å². The molecule has 4 nitrogen and oxygen atoms in total. The number of hydrogen-bond acceptors (Lipinski definition) is 3. The van der Waals surface area contributed by atoms with Crippen LogP contribution in [0.3, 0.4) is 0 Å². The Morgan fingerprint density at radius 3 is 2.67 bits per heavy atom. The van der Waals surface area contributed by atoms with Crippen molar-refractivity contribution in [2.24, 2.45) is 0 Å². The summed E-state index contributed by atoms with van der Waals surface area (Å²) in [7, 11) is -1.15. The SMILES string of the molecule is Cc1cc(S(=O)CCC(=O)NC(C)C)ccc1N. The Hall–Kier alpha value is -1.36. The number of nitrogens with two attached hydrogens (primary N) is 1. The monoisotopic (exact) mass is 268 g/mol. The molecule has 0 saturated heterocycles. The van der Waals surface area contributed by atoms with Gasteiger partial charge in [0.15, 0.2) is 0 Å². The molecule has 0 fully saturated rings. The van der Waals surface area contributed by atoms with Crippen molar-refractivity contribution in [3.05, 3.63) is 23.8 Å². The summed E-state index contributed by atoms with van der Waals surface area (Å²) in [6.45, 7) is 5.68. The van der Waals surface area contributed by atoms with Crippen LogP contribution in [0.1, 0.15) is 25.8 Å². The molecule has 0 bridgehead atoms. The molecule has 18 heavy (non-hydrogen) atoms. The molecule has 0 aliphatic rings. The third kappa shape index (κ3) is 4.49. The van der Waals surface area contributed by atoms with Crippen molar-refractivity contribution in [2.45, 2.75) is 38.1 Å². The van der Waals surface area contributed by atoms with Crippen molar-refractivity contribution < 1.29 is 9.00 Å². The van der Waals surface area contributed by atoms with Crippen LogP contribution in [0, 0.1) is 6.92 Å². The Balaban J connectivity index is 2.55. The summed E-state index contributed by atoms with van der Waals surface area (Å²) in [6, 6.07) is 5.42. The van der Waals surface area contributed by atoms with Gasteiger partial charge in [0.2, 0.25) is 5.91 Å². The van der Waals surface area contributed by atoms with Crippen LogP contribution in [0.5, 0.6) is 0 Å². The molecule has 5 heteroatoms. The Bertz CT molecular complexity index is 458. The first kappa shape index (κ1) is 14.7. The van der Waals surface area contributed by atoms with E-state index in [1.54, 1.807) is 12.1 Å². The van der Waals surface area contributed by atoms with Crippen LogP contribution in [0.25, 0.3) is 0 Å². The van der Waals surface area contributed by atoms with E-state index in [2.05, 4.69) is 5.32 Å². The standard InChI is InChI=1S/C13H20N2O2S/c1-9(2)15-13(16)6-7-18(17)11-4-5-12(14)10(3)8-11/h4-5,8-9H,6-7,14H2,1-3H3,(H,15,16). The number of rotatable bonds is 5. The first-order valence-electron chi connectivity index (χ1n) is 5.94. The molecule has 100 valence electrons. The van der Waals surface area contributed by atoms with Gasteiger partial charge in [0.25, 0.3) is 0 Å². The summed E-state index contributed by atoms with van der Waals surface area (Å²) in [5.41, 5.74) is 7.30. The Labute approximate surface area is 110 Å². The molecule has 1 rings (SSSR count). The van der Waals surface area contributed by atoms with Gasteiger partial charge in [-0.3, -0.25) is 9.00 Å². The number of aryl methyl sites for hydroxylation is 1. The highest BCUT2D eigenvalue weighted by molar-refractivity contribution is 7.85. The lowest BCUT2D eigenvalue weighted by Gasteiger charge is -2.08. The predicted octanol–water partition coefficient (Wildman–Crippen LogP) is 1.60. The maximum absolute atomic E-state index is 12.0. The first-order chi connectivity index (χ1) is 8.40. The lowest BCUT2D eigenvalue weighted by molar-refractivity contribution is -0.121. The van der Waals surface area contributed by atoms with E-state index in [4.69, 9.17) is 5.73 Å². The fourth-order valence-electron chi connectivity index (χ4n) is 1.49. The molecule has 1 amide bonds. The average Bonchev–Trinajstić information content (AvgIpc) is 2.28. The maximum atomic E-state index is 12.0. The number of nitrogens with one attached hydrogen (secondary N) is 1. The van der Waals surface area contributed by atoms with E-state index in [9.17, 15) is 9.00 Å². The number of nitrogen functional groups attached to an aromatic ring is 1. The van der Waals surface area contributed by atoms with Gasteiger partial charge in [0.05, 0.1) is 10.8 Å². The third-order valence-electron chi connectivity index (χ3n) is 2.47. The van der Waals surface area contributed by atoms with Crippen molar-refractivity contribution in [2.75, 3.05) is 11.5 Å². The smallest absolute Gasteiger partial charge is 0.221 e. The predicted molar refractivity (Wildman–Crippen MR) is 74.8 cm³/mol. The van der Waals surface area contributed by atoms with Crippen molar-refractivity contribution in [1.29, 1.82) is 0 Å².